The number of amides is 2. The summed E-state index contributed by atoms with van der Waals surface area (Å²) in [4.78, 5) is 31.0. The quantitative estimate of drug-likeness (QED) is 0.332. The molecule has 1 saturated carbocycles. The van der Waals surface area contributed by atoms with E-state index in [-0.39, 0.29) is 50.4 Å². The van der Waals surface area contributed by atoms with E-state index in [1.165, 1.54) is 10.7 Å². The zero-order valence-electron chi connectivity index (χ0n) is 25.5. The maximum absolute atomic E-state index is 14.1. The molecule has 46 heavy (non-hydrogen) atoms. The van der Waals surface area contributed by atoms with Gasteiger partial charge < -0.3 is 15.4 Å². The average molecular weight is 652 g/mol. The number of ether oxygens (including phenoxy) is 1. The van der Waals surface area contributed by atoms with Crippen molar-refractivity contribution in [3.63, 3.8) is 0 Å². The molecule has 10 nitrogen and oxygen atoms in total. The fourth-order valence-electron chi connectivity index (χ4n) is 7.05. The maximum atomic E-state index is 14.1. The normalized spacial score (nSPS) is 23.7. The van der Waals surface area contributed by atoms with Gasteiger partial charge in [0, 0.05) is 57.7 Å². The van der Waals surface area contributed by atoms with Gasteiger partial charge in [-0.1, -0.05) is 0 Å². The molecule has 3 aromatic rings. The number of carbonyl (C=O) groups is 2. The van der Waals surface area contributed by atoms with Crippen molar-refractivity contribution in [2.45, 2.75) is 88.9 Å². The molecule has 0 unspecified atom stereocenters. The molecule has 2 aliphatic heterocycles. The number of imidazole rings is 1. The second kappa shape index (κ2) is 12.9. The van der Waals surface area contributed by atoms with Crippen LogP contribution in [-0.2, 0) is 22.5 Å². The van der Waals surface area contributed by atoms with Gasteiger partial charge in [-0.05, 0) is 68.6 Å². The third-order valence-corrected chi connectivity index (χ3v) is 9.69. The Morgan fingerprint density at radius 3 is 2.63 bits per heavy atom. The lowest BCUT2D eigenvalue weighted by atomic mass is 9.81. The Bertz CT molecular complexity index is 1560. The third-order valence-electron chi connectivity index (χ3n) is 9.69. The first kappa shape index (κ1) is 32.3. The van der Waals surface area contributed by atoms with E-state index in [1.54, 1.807) is 16.9 Å². The number of piperidine rings is 1. The summed E-state index contributed by atoms with van der Waals surface area (Å²) in [6.07, 6.45) is -0.451. The van der Waals surface area contributed by atoms with E-state index < -0.39 is 48.3 Å². The lowest BCUT2D eigenvalue weighted by molar-refractivity contribution is -0.183. The van der Waals surface area contributed by atoms with Gasteiger partial charge in [0.05, 0.1) is 29.5 Å². The van der Waals surface area contributed by atoms with E-state index >= 15 is 0 Å². The van der Waals surface area contributed by atoms with E-state index in [2.05, 4.69) is 15.7 Å². The van der Waals surface area contributed by atoms with Crippen molar-refractivity contribution >= 4 is 17.5 Å². The first-order valence-corrected chi connectivity index (χ1v) is 15.9. The van der Waals surface area contributed by atoms with Crippen LogP contribution in [0, 0.1) is 17.8 Å². The van der Waals surface area contributed by atoms with Crippen molar-refractivity contribution in [2.75, 3.05) is 19.8 Å². The fourth-order valence-corrected chi connectivity index (χ4v) is 7.05. The summed E-state index contributed by atoms with van der Waals surface area (Å²) in [7, 11) is 0. The first-order valence-electron chi connectivity index (χ1n) is 15.9. The lowest BCUT2D eigenvalue weighted by Gasteiger charge is -2.33. The van der Waals surface area contributed by atoms with Crippen LogP contribution in [0.25, 0.3) is 5.65 Å². The van der Waals surface area contributed by atoms with Gasteiger partial charge in [-0.15, -0.1) is 0 Å². The topological polar surface area (TPSA) is 115 Å². The molecule has 0 radical (unpaired) electrons. The minimum absolute atomic E-state index is 0.0110. The van der Waals surface area contributed by atoms with E-state index in [0.717, 1.165) is 5.56 Å². The number of halogens is 5. The Balaban J connectivity index is 1.35. The minimum Gasteiger partial charge on any atom is -0.381 e. The molecule has 2 saturated heterocycles. The second-order valence-corrected chi connectivity index (χ2v) is 12.7. The Labute approximate surface area is 262 Å². The lowest BCUT2D eigenvalue weighted by Crippen LogP contribution is -2.47. The summed E-state index contributed by atoms with van der Waals surface area (Å²) in [5, 5.41) is 14.4. The van der Waals surface area contributed by atoms with Gasteiger partial charge in [0.25, 0.3) is 5.91 Å². The number of aromatic nitrogens is 5. The molecule has 0 bridgehead atoms. The third kappa shape index (κ3) is 6.88. The number of carbonyl (C=O) groups excluding carboxylic acids is 2. The van der Waals surface area contributed by atoms with Crippen LogP contribution in [-0.4, -0.2) is 68.1 Å². The van der Waals surface area contributed by atoms with Gasteiger partial charge in [-0.3, -0.25) is 14.3 Å². The highest BCUT2D eigenvalue weighted by Gasteiger charge is 2.45. The molecule has 3 aliphatic rings. The molecule has 2 N–H and O–H groups in total. The predicted molar refractivity (Wildman–Crippen MR) is 155 cm³/mol. The molecule has 3 aromatic heterocycles. The zero-order valence-corrected chi connectivity index (χ0v) is 25.5. The van der Waals surface area contributed by atoms with Crippen LogP contribution in [0.5, 0.6) is 0 Å². The Kier molecular flexibility index (Phi) is 9.05. The number of nitrogens with one attached hydrogen (secondary N) is 2. The van der Waals surface area contributed by atoms with Crippen LogP contribution in [0.4, 0.5) is 22.0 Å². The van der Waals surface area contributed by atoms with E-state index in [4.69, 9.17) is 14.8 Å². The average Bonchev–Trinajstić information content (AvgIpc) is 3.67. The van der Waals surface area contributed by atoms with Crippen LogP contribution < -0.4 is 10.6 Å². The summed E-state index contributed by atoms with van der Waals surface area (Å²) in [6, 6.07) is 2.74. The SMILES string of the molecule is CCn1nccc1C(=O)N[C@H](c1cn2nc(C[C@H]3C[C@@H](C(F)(F)F)CNC3=O)c(C3CCOCC3)cc2n1)C1CCC(F)(F)CC1. The highest BCUT2D eigenvalue weighted by Crippen LogP contribution is 2.42. The zero-order chi connectivity index (χ0) is 32.6. The molecule has 2 amide bonds. The summed E-state index contributed by atoms with van der Waals surface area (Å²) in [5.74, 6) is -6.46. The molecule has 5 heterocycles. The highest BCUT2D eigenvalue weighted by atomic mass is 19.4. The van der Waals surface area contributed by atoms with Crippen molar-refractivity contribution in [3.8, 4) is 0 Å². The van der Waals surface area contributed by atoms with Gasteiger partial charge in [-0.25, -0.2) is 18.3 Å². The second-order valence-electron chi connectivity index (χ2n) is 12.7. The molecule has 0 aromatic carbocycles. The summed E-state index contributed by atoms with van der Waals surface area (Å²) in [6.45, 7) is 2.91. The van der Waals surface area contributed by atoms with Gasteiger partial charge in [0.2, 0.25) is 11.8 Å². The van der Waals surface area contributed by atoms with Crippen LogP contribution in [0.15, 0.2) is 24.5 Å². The highest BCUT2D eigenvalue weighted by molar-refractivity contribution is 5.92. The van der Waals surface area contributed by atoms with Gasteiger partial charge in [0.15, 0.2) is 5.65 Å². The van der Waals surface area contributed by atoms with E-state index in [1.807, 2.05) is 13.0 Å². The number of aryl methyl sites for hydroxylation is 1. The number of hydrogen-bond donors (Lipinski definition) is 2. The van der Waals surface area contributed by atoms with Crippen molar-refractivity contribution < 1.29 is 36.3 Å². The Morgan fingerprint density at radius 2 is 1.93 bits per heavy atom. The molecular weight excluding hydrogens is 613 g/mol. The fraction of sp³-hybridized carbons (Fsp3) is 0.645. The van der Waals surface area contributed by atoms with Crippen molar-refractivity contribution in [1.82, 2.24) is 35.0 Å². The van der Waals surface area contributed by atoms with E-state index in [0.29, 0.717) is 55.3 Å². The van der Waals surface area contributed by atoms with Crippen LogP contribution in [0.3, 0.4) is 0 Å². The number of rotatable bonds is 8. The van der Waals surface area contributed by atoms with Crippen LogP contribution in [0.1, 0.15) is 91.3 Å². The Morgan fingerprint density at radius 1 is 1.20 bits per heavy atom. The first-order chi connectivity index (χ1) is 21.9. The molecule has 250 valence electrons. The molecular formula is C31H38F5N7O3. The molecule has 15 heteroatoms. The standard InChI is InChI=1S/C31H38F5N7O3/c1-2-42-25(5-10-38-42)29(45)40-27(19-3-8-30(32,33)9-4-19)24-17-43-26(39-24)15-22(18-6-11-46-12-7-18)23(41-43)14-20-13-21(31(34,35)36)16-37-28(20)44/h5,10,15,17-21,27H,2-4,6-9,11-14,16H2,1H3,(H,37,44)(H,40,45)/t20-,21-,27+/m1/s1. The number of hydrogen-bond acceptors (Lipinski definition) is 6. The molecule has 3 atom stereocenters. The minimum atomic E-state index is -4.43. The van der Waals surface area contributed by atoms with Crippen molar-refractivity contribution in [2.24, 2.45) is 17.8 Å². The molecule has 0 spiro atoms. The smallest absolute Gasteiger partial charge is 0.381 e. The number of alkyl halides is 5. The van der Waals surface area contributed by atoms with Gasteiger partial charge in [0.1, 0.15) is 5.69 Å². The summed E-state index contributed by atoms with van der Waals surface area (Å²) in [5.41, 5.74) is 2.56. The van der Waals surface area contributed by atoms with E-state index in [9.17, 15) is 31.5 Å². The van der Waals surface area contributed by atoms with Gasteiger partial charge >= 0.3 is 6.18 Å². The molecule has 3 fully saturated rings. The van der Waals surface area contributed by atoms with Gasteiger partial charge in [-0.2, -0.15) is 23.4 Å². The molecule has 6 rings (SSSR count). The number of nitrogens with zero attached hydrogens (tertiary/aromatic N) is 5. The Hall–Kier alpha value is -3.62. The number of fused-ring (bicyclic) bond motifs is 1. The summed E-state index contributed by atoms with van der Waals surface area (Å²) >= 11 is 0. The van der Waals surface area contributed by atoms with Crippen molar-refractivity contribution in [3.05, 3.63) is 47.2 Å². The van der Waals surface area contributed by atoms with Crippen LogP contribution >= 0.6 is 0 Å². The monoisotopic (exact) mass is 651 g/mol. The maximum Gasteiger partial charge on any atom is 0.393 e. The molecule has 1 aliphatic carbocycles. The van der Waals surface area contributed by atoms with Crippen LogP contribution in [0.2, 0.25) is 0 Å². The largest absolute Gasteiger partial charge is 0.393 e. The summed E-state index contributed by atoms with van der Waals surface area (Å²) < 4.78 is 77.6. The van der Waals surface area contributed by atoms with Crippen molar-refractivity contribution in [1.29, 1.82) is 0 Å². The predicted octanol–water partition coefficient (Wildman–Crippen LogP) is 4.99.